The van der Waals surface area contributed by atoms with Crippen LogP contribution in [0.2, 0.25) is 5.02 Å². The van der Waals surface area contributed by atoms with Crippen LogP contribution in [0, 0.1) is 5.92 Å². The Morgan fingerprint density at radius 2 is 1.79 bits per heavy atom. The second-order valence-corrected chi connectivity index (χ2v) is 8.32. The van der Waals surface area contributed by atoms with Gasteiger partial charge in [-0.2, -0.15) is 0 Å². The van der Waals surface area contributed by atoms with Gasteiger partial charge in [0.2, 0.25) is 5.91 Å². The molecule has 1 aromatic heterocycles. The van der Waals surface area contributed by atoms with Gasteiger partial charge in [0.05, 0.1) is 20.8 Å². The van der Waals surface area contributed by atoms with Crippen molar-refractivity contribution in [2.75, 3.05) is 18.4 Å². The minimum atomic E-state index is -0.652. The van der Waals surface area contributed by atoms with E-state index in [0.717, 1.165) is 15.3 Å². The van der Waals surface area contributed by atoms with E-state index in [-0.39, 0.29) is 17.7 Å². The first-order chi connectivity index (χ1) is 14.0. The molecule has 1 heterocycles. The highest BCUT2D eigenvalue weighted by molar-refractivity contribution is 7.22. The lowest BCUT2D eigenvalue weighted by Crippen LogP contribution is -2.50. The number of hydrogen-bond acceptors (Lipinski definition) is 5. The molecule has 0 saturated heterocycles. The van der Waals surface area contributed by atoms with Gasteiger partial charge in [0, 0.05) is 13.1 Å². The zero-order valence-electron chi connectivity index (χ0n) is 16.2. The number of nitrogens with one attached hydrogen (secondary N) is 3. The molecule has 0 saturated carbocycles. The molecule has 6 nitrogen and oxygen atoms in total. The molecule has 152 valence electrons. The van der Waals surface area contributed by atoms with Gasteiger partial charge in [0.15, 0.2) is 5.13 Å². The fraction of sp³-hybridized carbons (Fsp3) is 0.286. The molecule has 0 bridgehead atoms. The summed E-state index contributed by atoms with van der Waals surface area (Å²) in [5.74, 6) is -0.665. The molecule has 0 aliphatic rings. The predicted molar refractivity (Wildman–Crippen MR) is 119 cm³/mol. The minimum Gasteiger partial charge on any atom is -0.360 e. The summed E-state index contributed by atoms with van der Waals surface area (Å²) in [6, 6.07) is 14.0. The number of benzene rings is 2. The largest absolute Gasteiger partial charge is 0.360 e. The number of halogens is 1. The van der Waals surface area contributed by atoms with E-state index in [2.05, 4.69) is 20.9 Å². The number of fused-ring (bicyclic) bond motifs is 1. The quantitative estimate of drug-likeness (QED) is 0.473. The van der Waals surface area contributed by atoms with Gasteiger partial charge in [-0.05, 0) is 30.2 Å². The summed E-state index contributed by atoms with van der Waals surface area (Å²) in [6.07, 6.45) is 0. The van der Waals surface area contributed by atoms with Crippen LogP contribution in [0.3, 0.4) is 0 Å². The van der Waals surface area contributed by atoms with Crippen LogP contribution in [0.1, 0.15) is 24.2 Å². The van der Waals surface area contributed by atoms with Crippen LogP contribution in [0.15, 0.2) is 48.5 Å². The highest BCUT2D eigenvalue weighted by Gasteiger charge is 2.25. The molecule has 1 atom stereocenters. The molecular weight excluding hydrogens is 408 g/mol. The highest BCUT2D eigenvalue weighted by atomic mass is 35.5. The molecule has 3 N–H and O–H groups in total. The van der Waals surface area contributed by atoms with Crippen molar-refractivity contribution in [3.05, 3.63) is 59.1 Å². The third kappa shape index (κ3) is 5.46. The summed E-state index contributed by atoms with van der Waals surface area (Å²) in [6.45, 7) is 4.72. The van der Waals surface area contributed by atoms with Crippen LogP contribution in [0.25, 0.3) is 10.2 Å². The van der Waals surface area contributed by atoms with Crippen molar-refractivity contribution in [2.24, 2.45) is 5.92 Å². The van der Waals surface area contributed by atoms with Gasteiger partial charge in [0.1, 0.15) is 6.04 Å². The number of carbonyl (C=O) groups excluding carboxylic acids is 2. The monoisotopic (exact) mass is 430 g/mol. The zero-order valence-corrected chi connectivity index (χ0v) is 17.8. The van der Waals surface area contributed by atoms with Crippen molar-refractivity contribution in [2.45, 2.75) is 19.9 Å². The van der Waals surface area contributed by atoms with Crippen LogP contribution in [-0.4, -0.2) is 35.9 Å². The van der Waals surface area contributed by atoms with E-state index in [4.69, 9.17) is 11.6 Å². The first-order valence-electron chi connectivity index (χ1n) is 9.38. The maximum atomic E-state index is 12.6. The Kier molecular flexibility index (Phi) is 7.06. The van der Waals surface area contributed by atoms with E-state index in [9.17, 15) is 9.59 Å². The van der Waals surface area contributed by atoms with Gasteiger partial charge in [0.25, 0.3) is 5.91 Å². The normalized spacial score (nSPS) is 12.0. The van der Waals surface area contributed by atoms with Gasteiger partial charge in [-0.3, -0.25) is 9.59 Å². The molecule has 0 aliphatic heterocycles. The number of para-hydroxylation sites is 1. The van der Waals surface area contributed by atoms with Crippen molar-refractivity contribution in [3.63, 3.8) is 0 Å². The molecule has 8 heteroatoms. The van der Waals surface area contributed by atoms with Crippen LogP contribution >= 0.6 is 22.9 Å². The zero-order chi connectivity index (χ0) is 20.8. The lowest BCUT2D eigenvalue weighted by molar-refractivity contribution is -0.123. The Bertz CT molecular complexity index is 972. The number of nitrogens with zero attached hydrogens (tertiary/aromatic N) is 1. The summed E-state index contributed by atoms with van der Waals surface area (Å²) in [5, 5.41) is 10.0. The topological polar surface area (TPSA) is 83.1 Å². The van der Waals surface area contributed by atoms with Gasteiger partial charge in [-0.15, -0.1) is 0 Å². The van der Waals surface area contributed by atoms with Crippen molar-refractivity contribution < 1.29 is 9.59 Å². The molecule has 2 amide bonds. The fourth-order valence-electron chi connectivity index (χ4n) is 2.81. The van der Waals surface area contributed by atoms with E-state index in [1.807, 2.05) is 38.1 Å². The number of hydrogen-bond donors (Lipinski definition) is 3. The van der Waals surface area contributed by atoms with E-state index in [0.29, 0.717) is 23.7 Å². The number of rotatable bonds is 8. The predicted octanol–water partition coefficient (Wildman–Crippen LogP) is 3.93. The Morgan fingerprint density at radius 1 is 1.07 bits per heavy atom. The standard InChI is InChI=1S/C21H23ClN4O2S/c1-13(2)18(26-19(27)14-7-3-4-8-15(14)22)20(28)23-11-12-24-21-25-16-9-5-6-10-17(16)29-21/h3-10,13,18H,11-12H2,1-2H3,(H,23,28)(H,24,25)(H,26,27). The molecule has 1 unspecified atom stereocenters. The lowest BCUT2D eigenvalue weighted by atomic mass is 10.0. The Labute approximate surface area is 178 Å². The Balaban J connectivity index is 1.51. The van der Waals surface area contributed by atoms with Gasteiger partial charge in [-0.1, -0.05) is 61.1 Å². The first kappa shape index (κ1) is 21.1. The Morgan fingerprint density at radius 3 is 2.52 bits per heavy atom. The number of aromatic nitrogens is 1. The van der Waals surface area contributed by atoms with Gasteiger partial charge >= 0.3 is 0 Å². The SMILES string of the molecule is CC(C)C(NC(=O)c1ccccc1Cl)C(=O)NCCNc1nc2ccccc2s1. The van der Waals surface area contributed by atoms with Crippen LogP contribution in [0.4, 0.5) is 5.13 Å². The molecule has 29 heavy (non-hydrogen) atoms. The maximum Gasteiger partial charge on any atom is 0.253 e. The number of anilines is 1. The first-order valence-corrected chi connectivity index (χ1v) is 10.6. The van der Waals surface area contributed by atoms with Gasteiger partial charge < -0.3 is 16.0 Å². The van der Waals surface area contributed by atoms with Crippen molar-refractivity contribution in [1.29, 1.82) is 0 Å². The third-order valence-corrected chi connectivity index (χ3v) is 5.67. The summed E-state index contributed by atoms with van der Waals surface area (Å²) in [5.41, 5.74) is 1.30. The van der Waals surface area contributed by atoms with Crippen LogP contribution in [0.5, 0.6) is 0 Å². The smallest absolute Gasteiger partial charge is 0.253 e. The highest BCUT2D eigenvalue weighted by Crippen LogP contribution is 2.24. The van der Waals surface area contributed by atoms with Crippen molar-refractivity contribution in [1.82, 2.24) is 15.6 Å². The molecule has 3 aromatic rings. The van der Waals surface area contributed by atoms with Crippen LogP contribution < -0.4 is 16.0 Å². The number of thiazole rings is 1. The van der Waals surface area contributed by atoms with E-state index in [1.54, 1.807) is 35.6 Å². The van der Waals surface area contributed by atoms with Crippen molar-refractivity contribution in [3.8, 4) is 0 Å². The fourth-order valence-corrected chi connectivity index (χ4v) is 3.93. The average molecular weight is 431 g/mol. The molecule has 0 aliphatic carbocycles. The molecule has 0 fully saturated rings. The maximum absolute atomic E-state index is 12.6. The van der Waals surface area contributed by atoms with E-state index in [1.165, 1.54) is 0 Å². The minimum absolute atomic E-state index is 0.0707. The average Bonchev–Trinajstić information content (AvgIpc) is 3.12. The second kappa shape index (κ2) is 9.71. The molecule has 0 radical (unpaired) electrons. The number of amides is 2. The summed E-state index contributed by atoms with van der Waals surface area (Å²) < 4.78 is 1.11. The molecule has 0 spiro atoms. The van der Waals surface area contributed by atoms with E-state index < -0.39 is 6.04 Å². The van der Waals surface area contributed by atoms with E-state index >= 15 is 0 Å². The summed E-state index contributed by atoms with van der Waals surface area (Å²) >= 11 is 7.65. The third-order valence-electron chi connectivity index (χ3n) is 4.35. The van der Waals surface area contributed by atoms with Gasteiger partial charge in [-0.25, -0.2) is 4.98 Å². The second-order valence-electron chi connectivity index (χ2n) is 6.88. The lowest BCUT2D eigenvalue weighted by Gasteiger charge is -2.22. The molecule has 3 rings (SSSR count). The molecular formula is C21H23ClN4O2S. The number of carbonyl (C=O) groups is 2. The Hall–Kier alpha value is -2.64. The summed E-state index contributed by atoms with van der Waals surface area (Å²) in [7, 11) is 0. The van der Waals surface area contributed by atoms with Crippen molar-refractivity contribution >= 4 is 50.1 Å². The molecule has 2 aromatic carbocycles. The summed E-state index contributed by atoms with van der Waals surface area (Å²) in [4.78, 5) is 29.6. The van der Waals surface area contributed by atoms with Crippen LogP contribution in [-0.2, 0) is 4.79 Å².